The Morgan fingerprint density at radius 1 is 0.550 bits per heavy atom. The number of esters is 2. The quantitative estimate of drug-likeness (QED) is 0.137. The smallest absolute Gasteiger partial charge is 0.408 e. The van der Waals surface area contributed by atoms with E-state index >= 15 is 0 Å². The van der Waals surface area contributed by atoms with Gasteiger partial charge in [-0.3, -0.25) is 19.2 Å². The van der Waals surface area contributed by atoms with Crippen molar-refractivity contribution in [3.63, 3.8) is 0 Å². The van der Waals surface area contributed by atoms with Crippen LogP contribution in [0.5, 0.6) is 0 Å². The summed E-state index contributed by atoms with van der Waals surface area (Å²) in [7, 11) is 0. The number of rotatable bonds is 12. The molecule has 2 saturated carbocycles. The van der Waals surface area contributed by atoms with Crippen LogP contribution in [-0.2, 0) is 60.6 Å². The van der Waals surface area contributed by atoms with E-state index in [-0.39, 0.29) is 12.8 Å². The molecule has 2 heterocycles. The molecule has 6 amide bonds. The van der Waals surface area contributed by atoms with Crippen molar-refractivity contribution in [2.45, 2.75) is 77.7 Å². The number of hydrogen-bond acceptors (Lipinski definition) is 12. The highest BCUT2D eigenvalue weighted by atomic mass is 16.6. The first kappa shape index (κ1) is 42.1. The first-order chi connectivity index (χ1) is 28.3. The molecule has 2 aromatic carbocycles. The second-order valence-corrected chi connectivity index (χ2v) is 18.0. The number of nitrogens with zero attached hydrogens (tertiary/aromatic N) is 2. The second-order valence-electron chi connectivity index (χ2n) is 18.0. The molecule has 10 atom stereocenters. The van der Waals surface area contributed by atoms with Gasteiger partial charge in [0, 0.05) is 12.8 Å². The summed E-state index contributed by atoms with van der Waals surface area (Å²) in [5.41, 5.74) is -0.225. The molecule has 2 aliphatic heterocycles. The molecule has 60 heavy (non-hydrogen) atoms. The maximum atomic E-state index is 14.0. The standard InChI is InChI=1S/C44H50N4O12/c1-43(2,3)59-41(55)45-27(19-23-13-9-7-10-14-23)39(53)57-21-47-35(49)31-25-17-18-26(32(31)36(47)50)30-29(25)33-34(30)38(52)48(37(33)51)22-58-40(54)28(20-24-15-11-8-12-16-24)46-42(56)60-44(4,5)6/h7-18,25-34H,19-22H2,1-6H3,(H,45,55)(H,46,56)/t25-,26-,27-,28-,29-,30-,31-,32+,33-,34-/m1/s1. The van der Waals surface area contributed by atoms with Gasteiger partial charge in [-0.25, -0.2) is 29.0 Å². The molecule has 8 rings (SSSR count). The lowest BCUT2D eigenvalue weighted by Crippen LogP contribution is -2.63. The molecule has 318 valence electrons. The van der Waals surface area contributed by atoms with E-state index in [0.29, 0.717) is 0 Å². The Hall–Kier alpha value is -6.06. The average Bonchev–Trinajstić information content (AvgIpc) is 3.53. The zero-order valence-electron chi connectivity index (χ0n) is 34.3. The van der Waals surface area contributed by atoms with Crippen LogP contribution in [0.3, 0.4) is 0 Å². The number of alkyl carbamates (subject to hydrolysis) is 2. The van der Waals surface area contributed by atoms with Gasteiger partial charge in [0.15, 0.2) is 13.5 Å². The first-order valence-electron chi connectivity index (χ1n) is 20.1. The molecular formula is C44H50N4O12. The summed E-state index contributed by atoms with van der Waals surface area (Å²) in [6.07, 6.45) is 2.10. The Labute approximate surface area is 347 Å². The lowest BCUT2D eigenvalue weighted by atomic mass is 9.40. The van der Waals surface area contributed by atoms with Crippen molar-refractivity contribution >= 4 is 47.8 Å². The van der Waals surface area contributed by atoms with Gasteiger partial charge < -0.3 is 29.6 Å². The second kappa shape index (κ2) is 16.2. The monoisotopic (exact) mass is 826 g/mol. The van der Waals surface area contributed by atoms with E-state index < -0.39 is 132 Å². The molecule has 6 aliphatic rings. The van der Waals surface area contributed by atoms with Gasteiger partial charge in [-0.05, 0) is 76.3 Å². The summed E-state index contributed by atoms with van der Waals surface area (Å²) in [5.74, 6) is -9.10. The largest absolute Gasteiger partial charge is 0.444 e. The molecule has 4 fully saturated rings. The van der Waals surface area contributed by atoms with Crippen LogP contribution < -0.4 is 10.6 Å². The maximum Gasteiger partial charge on any atom is 0.408 e. The van der Waals surface area contributed by atoms with Crippen LogP contribution in [0.2, 0.25) is 0 Å². The number of ether oxygens (including phenoxy) is 4. The number of allylic oxidation sites excluding steroid dienone is 2. The van der Waals surface area contributed by atoms with Gasteiger partial charge in [0.25, 0.3) is 0 Å². The molecule has 16 nitrogen and oxygen atoms in total. The molecule has 0 radical (unpaired) electrons. The van der Waals surface area contributed by atoms with Crippen LogP contribution in [0.15, 0.2) is 72.8 Å². The van der Waals surface area contributed by atoms with E-state index in [1.807, 2.05) is 12.2 Å². The lowest BCUT2D eigenvalue weighted by Gasteiger charge is -2.60. The van der Waals surface area contributed by atoms with Gasteiger partial charge in [-0.15, -0.1) is 0 Å². The third kappa shape index (κ3) is 8.36. The zero-order chi connectivity index (χ0) is 43.3. The van der Waals surface area contributed by atoms with Gasteiger partial charge in [0.05, 0.1) is 23.7 Å². The highest BCUT2D eigenvalue weighted by Crippen LogP contribution is 2.68. The topological polar surface area (TPSA) is 204 Å². The molecule has 2 N–H and O–H groups in total. The van der Waals surface area contributed by atoms with Crippen LogP contribution in [-0.4, -0.2) is 94.3 Å². The van der Waals surface area contributed by atoms with Gasteiger partial charge >= 0.3 is 24.1 Å². The predicted octanol–water partition coefficient (Wildman–Crippen LogP) is 3.52. The summed E-state index contributed by atoms with van der Waals surface area (Å²) >= 11 is 0. The highest BCUT2D eigenvalue weighted by Gasteiger charge is 2.75. The minimum atomic E-state index is -1.19. The Kier molecular flexibility index (Phi) is 11.3. The summed E-state index contributed by atoms with van der Waals surface area (Å²) in [4.78, 5) is 110. The fraction of sp³-hybridized carbons (Fsp3) is 0.500. The third-order valence-electron chi connectivity index (χ3n) is 11.7. The third-order valence-corrected chi connectivity index (χ3v) is 11.7. The van der Waals surface area contributed by atoms with E-state index in [1.165, 1.54) is 0 Å². The molecule has 16 heteroatoms. The van der Waals surface area contributed by atoms with Crippen LogP contribution in [0.1, 0.15) is 52.7 Å². The van der Waals surface area contributed by atoms with Gasteiger partial charge in [-0.2, -0.15) is 0 Å². The van der Waals surface area contributed by atoms with Crippen molar-refractivity contribution in [2.75, 3.05) is 13.5 Å². The normalized spacial score (nSPS) is 27.2. The van der Waals surface area contributed by atoms with E-state index in [0.717, 1.165) is 20.9 Å². The van der Waals surface area contributed by atoms with Crippen molar-refractivity contribution in [1.29, 1.82) is 0 Å². The Bertz CT molecular complexity index is 2040. The molecule has 0 aromatic heterocycles. The minimum Gasteiger partial charge on any atom is -0.444 e. The fourth-order valence-corrected chi connectivity index (χ4v) is 9.42. The van der Waals surface area contributed by atoms with Crippen molar-refractivity contribution in [3.05, 3.63) is 83.9 Å². The molecule has 0 spiro atoms. The average molecular weight is 827 g/mol. The predicted molar refractivity (Wildman–Crippen MR) is 209 cm³/mol. The number of likely N-dealkylation sites (tertiary alicyclic amines) is 2. The first-order valence-corrected chi connectivity index (χ1v) is 20.1. The zero-order valence-corrected chi connectivity index (χ0v) is 34.3. The SMILES string of the molecule is CC(C)(C)OC(=O)N[C@H](Cc1ccccc1)C(=O)OCN1C(=O)[C@@H]2[C@@H]3C=C[C@@H]([C@@H]2C1=O)[C@H]1[C@H]2C(=O)N(COC(=O)[C@@H](Cc4ccccc4)NC(=O)OC(C)(C)C)C(=O)[C@@H]2[C@H]31. The molecule has 2 aromatic rings. The van der Waals surface area contributed by atoms with E-state index in [9.17, 15) is 38.4 Å². The number of imide groups is 2. The van der Waals surface area contributed by atoms with Gasteiger partial charge in [0.1, 0.15) is 23.3 Å². The molecular weight excluding hydrogens is 776 g/mol. The van der Waals surface area contributed by atoms with Gasteiger partial charge in [-0.1, -0.05) is 72.8 Å². The molecule has 2 saturated heterocycles. The van der Waals surface area contributed by atoms with Crippen LogP contribution in [0.25, 0.3) is 0 Å². The lowest BCUT2D eigenvalue weighted by molar-refractivity contribution is -0.166. The number of nitrogens with one attached hydrogen (secondary N) is 2. The molecule has 4 aliphatic carbocycles. The van der Waals surface area contributed by atoms with Gasteiger partial charge in [0.2, 0.25) is 23.6 Å². The summed E-state index contributed by atoms with van der Waals surface area (Å²) in [6, 6.07) is 15.5. The minimum absolute atomic E-state index is 0.0573. The van der Waals surface area contributed by atoms with Crippen LogP contribution in [0.4, 0.5) is 9.59 Å². The van der Waals surface area contributed by atoms with Crippen molar-refractivity contribution < 1.29 is 57.3 Å². The Morgan fingerprint density at radius 2 is 0.883 bits per heavy atom. The number of benzene rings is 2. The van der Waals surface area contributed by atoms with E-state index in [1.54, 1.807) is 102 Å². The number of carbonyl (C=O) groups excluding carboxylic acids is 8. The Balaban J connectivity index is 1.00. The van der Waals surface area contributed by atoms with Crippen molar-refractivity contribution in [2.24, 2.45) is 47.3 Å². The highest BCUT2D eigenvalue weighted by molar-refractivity contribution is 6.09. The van der Waals surface area contributed by atoms with E-state index in [4.69, 9.17) is 18.9 Å². The molecule has 0 unspecified atom stereocenters. The number of amides is 6. The van der Waals surface area contributed by atoms with Crippen molar-refractivity contribution in [3.8, 4) is 0 Å². The van der Waals surface area contributed by atoms with E-state index in [2.05, 4.69) is 10.6 Å². The van der Waals surface area contributed by atoms with Crippen LogP contribution in [0, 0.1) is 47.3 Å². The van der Waals surface area contributed by atoms with Crippen LogP contribution >= 0.6 is 0 Å². The number of fused-ring (bicyclic) bond motifs is 1. The number of carbonyl (C=O) groups is 8. The van der Waals surface area contributed by atoms with Crippen molar-refractivity contribution in [1.82, 2.24) is 20.4 Å². The maximum absolute atomic E-state index is 14.0. The Morgan fingerprint density at radius 3 is 1.22 bits per heavy atom. The molecule has 2 bridgehead atoms. The summed E-state index contributed by atoms with van der Waals surface area (Å²) in [5, 5.41) is 5.08. The summed E-state index contributed by atoms with van der Waals surface area (Å²) in [6.45, 7) is 8.72. The number of hydrogen-bond donors (Lipinski definition) is 2. The summed E-state index contributed by atoms with van der Waals surface area (Å²) < 4.78 is 21.7. The fourth-order valence-electron chi connectivity index (χ4n) is 9.42.